The Morgan fingerprint density at radius 2 is 2.22 bits per heavy atom. The summed E-state index contributed by atoms with van der Waals surface area (Å²) in [6.07, 6.45) is -0.137. The molecule has 0 spiro atoms. The van der Waals surface area contributed by atoms with Crippen molar-refractivity contribution in [2.75, 3.05) is 12.8 Å². The van der Waals surface area contributed by atoms with Crippen LogP contribution in [0.1, 0.15) is 5.69 Å². The smallest absolute Gasteiger partial charge is 0.321 e. The maximum Gasteiger partial charge on any atom is 0.321 e. The van der Waals surface area contributed by atoms with E-state index in [4.69, 9.17) is 5.11 Å². The minimum atomic E-state index is -0.950. The predicted octanol–water partition coefficient (Wildman–Crippen LogP) is 0.318. The molecule has 1 aromatic heterocycles. The second kappa shape index (κ2) is 6.97. The number of urea groups is 1. The van der Waals surface area contributed by atoms with Gasteiger partial charge in [-0.1, -0.05) is 11.8 Å². The molecule has 0 aliphatic rings. The van der Waals surface area contributed by atoms with Gasteiger partial charge >= 0.3 is 12.0 Å². The third-order valence-corrected chi connectivity index (χ3v) is 3.74. The number of hydrogen-bond donors (Lipinski definition) is 3. The van der Waals surface area contributed by atoms with Crippen LogP contribution in [0, 0.1) is 0 Å². The lowest BCUT2D eigenvalue weighted by atomic mass is 10.3. The third kappa shape index (κ3) is 5.15. The quantitative estimate of drug-likeness (QED) is 0.674. The Labute approximate surface area is 111 Å². The van der Waals surface area contributed by atoms with Crippen LogP contribution in [0.4, 0.5) is 4.79 Å². The molecule has 98 valence electrons. The molecule has 3 N–H and O–H groups in total. The van der Waals surface area contributed by atoms with Crippen molar-refractivity contribution in [3.8, 4) is 0 Å². The van der Waals surface area contributed by atoms with Crippen LogP contribution in [-0.4, -0.2) is 40.8 Å². The largest absolute Gasteiger partial charge is 0.481 e. The van der Waals surface area contributed by atoms with Crippen molar-refractivity contribution in [2.24, 2.45) is 0 Å². The Bertz CT molecular complexity index is 460. The van der Waals surface area contributed by atoms with Crippen LogP contribution in [0.15, 0.2) is 9.72 Å². The average Bonchev–Trinajstić information content (AvgIpc) is 2.73. The lowest BCUT2D eigenvalue weighted by Crippen LogP contribution is -2.38. The van der Waals surface area contributed by atoms with Crippen LogP contribution >= 0.6 is 23.1 Å². The molecular weight excluding hydrogens is 278 g/mol. The van der Waals surface area contributed by atoms with E-state index in [1.807, 2.05) is 0 Å². The highest BCUT2D eigenvalue weighted by molar-refractivity contribution is 8.01. The summed E-state index contributed by atoms with van der Waals surface area (Å²) in [5.41, 5.74) is 0.460. The summed E-state index contributed by atoms with van der Waals surface area (Å²) in [4.78, 5) is 36.6. The molecule has 0 saturated carbocycles. The van der Waals surface area contributed by atoms with Gasteiger partial charge in [-0.15, -0.1) is 11.3 Å². The van der Waals surface area contributed by atoms with Crippen molar-refractivity contribution in [2.45, 2.75) is 10.8 Å². The molecule has 0 bridgehead atoms. The number of imide groups is 1. The van der Waals surface area contributed by atoms with Gasteiger partial charge in [0.2, 0.25) is 5.91 Å². The van der Waals surface area contributed by atoms with Crippen molar-refractivity contribution in [1.29, 1.82) is 0 Å². The zero-order chi connectivity index (χ0) is 13.5. The van der Waals surface area contributed by atoms with Gasteiger partial charge in [0, 0.05) is 12.4 Å². The van der Waals surface area contributed by atoms with Crippen molar-refractivity contribution in [3.05, 3.63) is 11.1 Å². The summed E-state index contributed by atoms with van der Waals surface area (Å²) in [5.74, 6) is -1.34. The summed E-state index contributed by atoms with van der Waals surface area (Å²) < 4.78 is 0.596. The standard InChI is InChI=1S/C9H11N3O4S2/c1-10-8(16)12-6(13)4-18-9-11-5(3-17-9)2-7(14)15/h3H,2,4H2,1H3,(H,14,15)(H2,10,12,13,16). The van der Waals surface area contributed by atoms with Gasteiger partial charge in [-0.3, -0.25) is 14.9 Å². The molecule has 1 heterocycles. The first-order chi connectivity index (χ1) is 8.51. The first-order valence-electron chi connectivity index (χ1n) is 4.82. The van der Waals surface area contributed by atoms with Crippen molar-refractivity contribution in [3.63, 3.8) is 0 Å². The van der Waals surface area contributed by atoms with E-state index < -0.39 is 17.9 Å². The molecule has 0 saturated heterocycles. The van der Waals surface area contributed by atoms with Gasteiger partial charge in [-0.2, -0.15) is 0 Å². The first-order valence-corrected chi connectivity index (χ1v) is 6.68. The lowest BCUT2D eigenvalue weighted by Gasteiger charge is -2.01. The highest BCUT2D eigenvalue weighted by Gasteiger charge is 2.10. The Hall–Kier alpha value is -1.61. The number of nitrogens with one attached hydrogen (secondary N) is 2. The minimum absolute atomic E-state index is 0.0491. The Morgan fingerprint density at radius 3 is 2.83 bits per heavy atom. The van der Waals surface area contributed by atoms with Gasteiger partial charge < -0.3 is 10.4 Å². The van der Waals surface area contributed by atoms with Crippen LogP contribution in [-0.2, 0) is 16.0 Å². The molecule has 1 aromatic rings. The van der Waals surface area contributed by atoms with Crippen LogP contribution in [0.3, 0.4) is 0 Å². The Morgan fingerprint density at radius 1 is 1.50 bits per heavy atom. The molecule has 0 aliphatic heterocycles. The van der Waals surface area contributed by atoms with Crippen LogP contribution in [0.2, 0.25) is 0 Å². The van der Waals surface area contributed by atoms with Gasteiger partial charge in [0.25, 0.3) is 0 Å². The summed E-state index contributed by atoms with van der Waals surface area (Å²) in [5, 5.41) is 14.6. The predicted molar refractivity (Wildman–Crippen MR) is 66.8 cm³/mol. The molecule has 1 rings (SSSR count). The van der Waals surface area contributed by atoms with Crippen molar-refractivity contribution in [1.82, 2.24) is 15.6 Å². The van der Waals surface area contributed by atoms with Crippen molar-refractivity contribution >= 4 is 41.0 Å². The second-order valence-electron chi connectivity index (χ2n) is 3.09. The monoisotopic (exact) mass is 289 g/mol. The molecule has 18 heavy (non-hydrogen) atoms. The number of thiazole rings is 1. The molecule has 3 amide bonds. The van der Waals surface area contributed by atoms with E-state index in [0.717, 1.165) is 11.8 Å². The number of nitrogens with zero attached hydrogens (tertiary/aromatic N) is 1. The molecular formula is C9H11N3O4S2. The van der Waals surface area contributed by atoms with Crippen molar-refractivity contribution < 1.29 is 19.5 Å². The fourth-order valence-corrected chi connectivity index (χ4v) is 2.59. The lowest BCUT2D eigenvalue weighted by molar-refractivity contribution is -0.136. The first kappa shape index (κ1) is 14.5. The fourth-order valence-electron chi connectivity index (χ4n) is 0.943. The van der Waals surface area contributed by atoms with Gasteiger partial charge in [0.15, 0.2) is 4.34 Å². The number of amides is 3. The van der Waals surface area contributed by atoms with Crippen LogP contribution in [0.25, 0.3) is 0 Å². The van der Waals surface area contributed by atoms with E-state index in [9.17, 15) is 14.4 Å². The Kier molecular flexibility index (Phi) is 5.59. The average molecular weight is 289 g/mol. The zero-order valence-corrected chi connectivity index (χ0v) is 11.1. The Balaban J connectivity index is 2.39. The van der Waals surface area contributed by atoms with E-state index in [2.05, 4.69) is 15.6 Å². The van der Waals surface area contributed by atoms with E-state index in [1.165, 1.54) is 18.4 Å². The van der Waals surface area contributed by atoms with E-state index >= 15 is 0 Å². The number of thioether (sulfide) groups is 1. The molecule has 0 fully saturated rings. The number of aromatic nitrogens is 1. The number of carboxylic acid groups (broad SMARTS) is 1. The fraction of sp³-hybridized carbons (Fsp3) is 0.333. The molecule has 9 heteroatoms. The van der Waals surface area contributed by atoms with Gasteiger partial charge in [-0.25, -0.2) is 9.78 Å². The van der Waals surface area contributed by atoms with Gasteiger partial charge in [-0.05, 0) is 0 Å². The molecule has 7 nitrogen and oxygen atoms in total. The van der Waals surface area contributed by atoms with E-state index in [-0.39, 0.29) is 12.2 Å². The highest BCUT2D eigenvalue weighted by atomic mass is 32.2. The van der Waals surface area contributed by atoms with E-state index in [0.29, 0.717) is 10.0 Å². The van der Waals surface area contributed by atoms with Crippen LogP contribution < -0.4 is 10.6 Å². The topological polar surface area (TPSA) is 108 Å². The van der Waals surface area contributed by atoms with E-state index in [1.54, 1.807) is 5.38 Å². The highest BCUT2D eigenvalue weighted by Crippen LogP contribution is 2.22. The number of carbonyl (C=O) groups is 3. The second-order valence-corrected chi connectivity index (χ2v) is 5.17. The zero-order valence-electron chi connectivity index (χ0n) is 9.43. The van der Waals surface area contributed by atoms with Crippen LogP contribution in [0.5, 0.6) is 0 Å². The number of carbonyl (C=O) groups excluding carboxylic acids is 2. The maximum absolute atomic E-state index is 11.3. The number of aliphatic carboxylic acids is 1. The molecule has 0 atom stereocenters. The molecule has 0 aliphatic carbocycles. The SMILES string of the molecule is CNC(=O)NC(=O)CSc1nc(CC(=O)O)cs1. The summed E-state index contributed by atoms with van der Waals surface area (Å²) in [6, 6.07) is -0.564. The number of hydrogen-bond acceptors (Lipinski definition) is 6. The number of rotatable bonds is 5. The maximum atomic E-state index is 11.3. The normalized spacial score (nSPS) is 9.83. The third-order valence-electron chi connectivity index (χ3n) is 1.67. The molecule has 0 aromatic carbocycles. The molecule has 0 unspecified atom stereocenters. The van der Waals surface area contributed by atoms with Gasteiger partial charge in [0.1, 0.15) is 0 Å². The minimum Gasteiger partial charge on any atom is -0.481 e. The summed E-state index contributed by atoms with van der Waals surface area (Å²) in [7, 11) is 1.41. The summed E-state index contributed by atoms with van der Waals surface area (Å²) >= 11 is 2.42. The number of carboxylic acids is 1. The molecule has 0 radical (unpaired) electrons. The van der Waals surface area contributed by atoms with Gasteiger partial charge in [0.05, 0.1) is 17.9 Å². The summed E-state index contributed by atoms with van der Waals surface area (Å²) in [6.45, 7) is 0.